The zero-order valence-corrected chi connectivity index (χ0v) is 43.5. The van der Waals surface area contributed by atoms with Gasteiger partial charge in [-0.1, -0.05) is 210 Å². The number of rotatable bonds is 45. The second-order valence-corrected chi connectivity index (χ2v) is 16.7. The Balaban J connectivity index is 4.58. The largest absolute Gasteiger partial charge is 0.462 e. The first kappa shape index (κ1) is 63.8. The van der Waals surface area contributed by atoms with Crippen molar-refractivity contribution >= 4 is 17.9 Å². The Bertz CT molecular complexity index is 1650. The third kappa shape index (κ3) is 53.6. The summed E-state index contributed by atoms with van der Waals surface area (Å²) < 4.78 is 16.6. The van der Waals surface area contributed by atoms with Gasteiger partial charge < -0.3 is 14.2 Å². The van der Waals surface area contributed by atoms with Crippen LogP contribution in [-0.4, -0.2) is 37.2 Å². The lowest BCUT2D eigenvalue weighted by Gasteiger charge is -2.18. The van der Waals surface area contributed by atoms with Crippen LogP contribution in [0.25, 0.3) is 0 Å². The second kappa shape index (κ2) is 55.4. The molecule has 382 valence electrons. The van der Waals surface area contributed by atoms with E-state index in [0.29, 0.717) is 12.8 Å². The van der Waals surface area contributed by atoms with Gasteiger partial charge in [0.25, 0.3) is 0 Å². The van der Waals surface area contributed by atoms with Crippen LogP contribution in [0, 0.1) is 0 Å². The average Bonchev–Trinajstić information content (AvgIpc) is 3.35. The van der Waals surface area contributed by atoms with E-state index in [-0.39, 0.29) is 38.0 Å². The van der Waals surface area contributed by atoms with Crippen molar-refractivity contribution < 1.29 is 28.6 Å². The smallest absolute Gasteiger partial charge is 0.310 e. The predicted molar refractivity (Wildman–Crippen MR) is 297 cm³/mol. The van der Waals surface area contributed by atoms with Crippen LogP contribution in [0.1, 0.15) is 188 Å². The fourth-order valence-electron chi connectivity index (χ4n) is 6.36. The maximum absolute atomic E-state index is 12.8. The zero-order chi connectivity index (χ0) is 50.0. The first-order valence-corrected chi connectivity index (χ1v) is 26.6. The number of allylic oxidation sites excluding steroid dienone is 27. The highest BCUT2D eigenvalue weighted by atomic mass is 16.6. The lowest BCUT2D eigenvalue weighted by atomic mass is 10.1. The van der Waals surface area contributed by atoms with Crippen molar-refractivity contribution in [2.75, 3.05) is 13.2 Å². The highest BCUT2D eigenvalue weighted by Crippen LogP contribution is 2.10. The van der Waals surface area contributed by atoms with Crippen LogP contribution in [0.2, 0.25) is 0 Å². The van der Waals surface area contributed by atoms with Gasteiger partial charge in [0, 0.05) is 12.8 Å². The van der Waals surface area contributed by atoms with E-state index in [1.54, 1.807) is 6.08 Å². The molecule has 0 heterocycles. The molecule has 0 spiro atoms. The van der Waals surface area contributed by atoms with Gasteiger partial charge in [-0.05, 0) is 128 Å². The zero-order valence-electron chi connectivity index (χ0n) is 43.5. The number of carbonyl (C=O) groups excluding carboxylic acids is 3. The van der Waals surface area contributed by atoms with E-state index in [0.717, 1.165) is 141 Å². The van der Waals surface area contributed by atoms with Crippen molar-refractivity contribution in [2.45, 2.75) is 194 Å². The summed E-state index contributed by atoms with van der Waals surface area (Å²) in [4.78, 5) is 38.0. The molecule has 0 saturated carbocycles. The van der Waals surface area contributed by atoms with E-state index >= 15 is 0 Å². The molecule has 1 atom stereocenters. The number of esters is 3. The van der Waals surface area contributed by atoms with Crippen molar-refractivity contribution in [3.63, 3.8) is 0 Å². The van der Waals surface area contributed by atoms with Crippen LogP contribution in [0.15, 0.2) is 170 Å². The summed E-state index contributed by atoms with van der Waals surface area (Å²) in [6.07, 6.45) is 82.2. The van der Waals surface area contributed by atoms with Crippen molar-refractivity contribution in [1.82, 2.24) is 0 Å². The third-order valence-corrected chi connectivity index (χ3v) is 10.2. The molecule has 0 rings (SSSR count). The third-order valence-electron chi connectivity index (χ3n) is 10.2. The van der Waals surface area contributed by atoms with Crippen molar-refractivity contribution in [2.24, 2.45) is 0 Å². The van der Waals surface area contributed by atoms with Crippen LogP contribution >= 0.6 is 0 Å². The molecule has 0 fully saturated rings. The molecule has 0 radical (unpaired) electrons. The number of hydrogen-bond donors (Lipinski definition) is 0. The Morgan fingerprint density at radius 1 is 0.304 bits per heavy atom. The highest BCUT2D eigenvalue weighted by molar-refractivity contribution is 5.72. The van der Waals surface area contributed by atoms with Gasteiger partial charge >= 0.3 is 17.9 Å². The molecule has 0 aliphatic carbocycles. The summed E-state index contributed by atoms with van der Waals surface area (Å²) in [6.45, 7) is 6.13. The normalized spacial score (nSPS) is 13.5. The Hall–Kier alpha value is -5.23. The molecule has 6 nitrogen and oxygen atoms in total. The molecule has 1 unspecified atom stereocenters. The minimum Gasteiger partial charge on any atom is -0.462 e. The van der Waals surface area contributed by atoms with Crippen molar-refractivity contribution in [3.05, 3.63) is 170 Å². The van der Waals surface area contributed by atoms with Gasteiger partial charge in [0.2, 0.25) is 0 Å². The first-order valence-electron chi connectivity index (χ1n) is 26.6. The molecule has 0 saturated heterocycles. The maximum atomic E-state index is 12.8. The van der Waals surface area contributed by atoms with Gasteiger partial charge in [-0.15, -0.1) is 0 Å². The fraction of sp³-hybridized carbons (Fsp3) is 0.508. The number of ether oxygens (including phenoxy) is 3. The Morgan fingerprint density at radius 2 is 0.565 bits per heavy atom. The SMILES string of the molecule is CC/C=C\C/C=C\C/C=C\C/C=C\C/C=C\C/C=C\CCCCCCC(=O)OCC(COC(=O)CCCCC/C=C\C/C=C\C/C=C\CC)OC(=O)C/C=C\C/C=C\C/C=C\C/C=C\C/C=C\CC. The Kier molecular flexibility index (Phi) is 51.2. The standard InChI is InChI=1S/C63H94O6/c1-4-7-10-13-16-19-22-25-27-28-29-30-31-32-33-34-36-38-41-44-47-50-53-56-62(65)68-59-60(58-67-61(64)55-52-49-46-43-40-37-24-21-18-15-12-9-6-3)69-63(66)57-54-51-48-45-42-39-35-26-23-20-17-14-11-8-5-2/h7-12,16-21,25-27,29-30,32-33,35-38,40,42,45,51,54,60H,4-6,13-15,22-24,28,31,34,39,41,43-44,46-50,52-53,55-59H2,1-3H3/b10-7-,11-8-,12-9-,19-16-,20-17-,21-18-,27-25-,30-29-,33-32-,35-26-,38-36-,40-37-,45-42-,54-51-. The molecular weight excluding hydrogens is 853 g/mol. The number of unbranched alkanes of at least 4 members (excludes halogenated alkanes) is 7. The van der Waals surface area contributed by atoms with Gasteiger partial charge in [-0.25, -0.2) is 0 Å². The van der Waals surface area contributed by atoms with E-state index in [1.165, 1.54) is 0 Å². The molecule has 6 heteroatoms. The van der Waals surface area contributed by atoms with Crippen molar-refractivity contribution in [1.29, 1.82) is 0 Å². The monoisotopic (exact) mass is 947 g/mol. The van der Waals surface area contributed by atoms with E-state index in [9.17, 15) is 14.4 Å². The van der Waals surface area contributed by atoms with E-state index < -0.39 is 12.1 Å². The number of carbonyl (C=O) groups is 3. The van der Waals surface area contributed by atoms with Gasteiger partial charge in [0.05, 0.1) is 6.42 Å². The summed E-state index contributed by atoms with van der Waals surface area (Å²) in [5.41, 5.74) is 0. The van der Waals surface area contributed by atoms with Gasteiger partial charge in [-0.2, -0.15) is 0 Å². The average molecular weight is 947 g/mol. The molecule has 0 bridgehead atoms. The van der Waals surface area contributed by atoms with Crippen LogP contribution < -0.4 is 0 Å². The molecule has 0 aliphatic rings. The van der Waals surface area contributed by atoms with Crippen LogP contribution in [-0.2, 0) is 28.6 Å². The summed E-state index contributed by atoms with van der Waals surface area (Å²) >= 11 is 0. The van der Waals surface area contributed by atoms with Crippen LogP contribution in [0.3, 0.4) is 0 Å². The quantitative estimate of drug-likeness (QED) is 0.0262. The van der Waals surface area contributed by atoms with E-state index in [4.69, 9.17) is 14.2 Å². The topological polar surface area (TPSA) is 78.9 Å². The van der Waals surface area contributed by atoms with Gasteiger partial charge in [0.15, 0.2) is 6.10 Å². The summed E-state index contributed by atoms with van der Waals surface area (Å²) in [6, 6.07) is 0. The Morgan fingerprint density at radius 3 is 0.884 bits per heavy atom. The van der Waals surface area contributed by atoms with Gasteiger partial charge in [0.1, 0.15) is 13.2 Å². The molecule has 0 aromatic rings. The lowest BCUT2D eigenvalue weighted by molar-refractivity contribution is -0.166. The minimum atomic E-state index is -0.864. The summed E-state index contributed by atoms with van der Waals surface area (Å²) in [5, 5.41) is 0. The van der Waals surface area contributed by atoms with Crippen molar-refractivity contribution in [3.8, 4) is 0 Å². The molecule has 0 aromatic carbocycles. The Labute approximate surface area is 422 Å². The molecule has 0 amide bonds. The molecule has 69 heavy (non-hydrogen) atoms. The predicted octanol–water partition coefficient (Wildman–Crippen LogP) is 18.0. The van der Waals surface area contributed by atoms with Crippen LogP contribution in [0.4, 0.5) is 0 Å². The first-order chi connectivity index (χ1) is 34.0. The molecule has 0 aromatic heterocycles. The van der Waals surface area contributed by atoms with E-state index in [2.05, 4.69) is 179 Å². The summed E-state index contributed by atoms with van der Waals surface area (Å²) in [7, 11) is 0. The minimum absolute atomic E-state index is 0.0749. The van der Waals surface area contributed by atoms with Gasteiger partial charge in [-0.3, -0.25) is 14.4 Å². The lowest BCUT2D eigenvalue weighted by Crippen LogP contribution is -2.30. The number of hydrogen-bond acceptors (Lipinski definition) is 6. The van der Waals surface area contributed by atoms with Crippen LogP contribution in [0.5, 0.6) is 0 Å². The molecule has 0 N–H and O–H groups in total. The highest BCUT2D eigenvalue weighted by Gasteiger charge is 2.19. The molecule has 0 aliphatic heterocycles. The summed E-state index contributed by atoms with van der Waals surface area (Å²) in [5.74, 6) is -1.15. The maximum Gasteiger partial charge on any atom is 0.310 e. The second-order valence-electron chi connectivity index (χ2n) is 16.7. The fourth-order valence-corrected chi connectivity index (χ4v) is 6.36. The van der Waals surface area contributed by atoms with E-state index in [1.807, 2.05) is 6.08 Å². The molecular formula is C63H94O6.